The molecule has 0 bridgehead atoms. The number of piperazine rings is 1. The van der Waals surface area contributed by atoms with Crippen LogP contribution in [0, 0.1) is 0 Å². The van der Waals surface area contributed by atoms with Crippen molar-refractivity contribution in [1.29, 1.82) is 0 Å². The molecule has 8 heteroatoms. The number of nitrogens with zero attached hydrogens (tertiary/aromatic N) is 2. The largest absolute Gasteiger partial charge is 0.339 e. The van der Waals surface area contributed by atoms with Gasteiger partial charge < -0.3 is 4.90 Å². The second kappa shape index (κ2) is 7.86. The minimum absolute atomic E-state index is 0.126. The number of carbonyl (C=O) groups excluding carboxylic acids is 1. The van der Waals surface area contributed by atoms with E-state index in [0.717, 1.165) is 19.6 Å². The molecule has 0 N–H and O–H groups in total. The van der Waals surface area contributed by atoms with Crippen LogP contribution >= 0.6 is 22.9 Å². The minimum atomic E-state index is -3.64. The van der Waals surface area contributed by atoms with Crippen molar-refractivity contribution in [2.45, 2.75) is 11.4 Å². The van der Waals surface area contributed by atoms with Crippen LogP contribution in [0.3, 0.4) is 0 Å². The van der Waals surface area contributed by atoms with Crippen LogP contribution in [0.25, 0.3) is 0 Å². The molecule has 1 aliphatic rings. The standard InChI is InChI=1S/C17H19ClN2O3S2/c18-14-3-5-16(6-4-14)25(22,23)13-17(21)20-9-7-19(8-10-20)12-15-2-1-11-24-15/h1-6,11H,7-10,12-13H2. The fraction of sp³-hybridized carbons (Fsp3) is 0.353. The van der Waals surface area contributed by atoms with Gasteiger partial charge in [-0.15, -0.1) is 11.3 Å². The lowest BCUT2D eigenvalue weighted by Crippen LogP contribution is -2.49. The summed E-state index contributed by atoms with van der Waals surface area (Å²) in [6.45, 7) is 3.50. The predicted octanol–water partition coefficient (Wildman–Crippen LogP) is 2.52. The monoisotopic (exact) mass is 398 g/mol. The topological polar surface area (TPSA) is 57.7 Å². The van der Waals surface area contributed by atoms with Gasteiger partial charge in [-0.05, 0) is 35.7 Å². The average Bonchev–Trinajstić information content (AvgIpc) is 3.08. The molecule has 2 heterocycles. The molecule has 0 saturated carbocycles. The first-order chi connectivity index (χ1) is 11.9. The third kappa shape index (κ3) is 4.82. The van der Waals surface area contributed by atoms with Crippen molar-refractivity contribution >= 4 is 38.7 Å². The van der Waals surface area contributed by atoms with E-state index in [2.05, 4.69) is 16.3 Å². The highest BCUT2D eigenvalue weighted by atomic mass is 35.5. The van der Waals surface area contributed by atoms with Gasteiger partial charge in [-0.25, -0.2) is 8.42 Å². The van der Waals surface area contributed by atoms with Crippen LogP contribution in [-0.2, 0) is 21.2 Å². The number of sulfone groups is 1. The fourth-order valence-corrected chi connectivity index (χ4v) is 4.85. The number of thiophene rings is 1. The summed E-state index contributed by atoms with van der Waals surface area (Å²) in [7, 11) is -3.64. The Bertz CT molecular complexity index is 812. The highest BCUT2D eigenvalue weighted by Gasteiger charge is 2.26. The molecule has 1 saturated heterocycles. The highest BCUT2D eigenvalue weighted by Crippen LogP contribution is 2.17. The fourth-order valence-electron chi connectivity index (χ4n) is 2.76. The van der Waals surface area contributed by atoms with E-state index in [1.54, 1.807) is 16.2 Å². The normalized spacial score (nSPS) is 16.1. The molecule has 5 nitrogen and oxygen atoms in total. The minimum Gasteiger partial charge on any atom is -0.339 e. The van der Waals surface area contributed by atoms with Crippen LogP contribution in [0.4, 0.5) is 0 Å². The van der Waals surface area contributed by atoms with E-state index in [1.807, 2.05) is 6.07 Å². The van der Waals surface area contributed by atoms with Crippen LogP contribution in [0.2, 0.25) is 5.02 Å². The van der Waals surface area contributed by atoms with Crippen LogP contribution in [0.5, 0.6) is 0 Å². The van der Waals surface area contributed by atoms with E-state index in [0.29, 0.717) is 18.1 Å². The van der Waals surface area contributed by atoms with Crippen molar-refractivity contribution < 1.29 is 13.2 Å². The molecule has 0 radical (unpaired) electrons. The molecular formula is C17H19ClN2O3S2. The maximum atomic E-state index is 12.4. The first-order valence-corrected chi connectivity index (χ1v) is 10.9. The van der Waals surface area contributed by atoms with Crippen LogP contribution in [0.15, 0.2) is 46.7 Å². The smallest absolute Gasteiger partial charge is 0.238 e. The molecule has 1 fully saturated rings. The number of hydrogen-bond acceptors (Lipinski definition) is 5. The van der Waals surface area contributed by atoms with Gasteiger partial charge in [0.25, 0.3) is 0 Å². The third-order valence-electron chi connectivity index (χ3n) is 4.17. The quantitative estimate of drug-likeness (QED) is 0.776. The maximum Gasteiger partial charge on any atom is 0.238 e. The zero-order valence-corrected chi connectivity index (χ0v) is 16.0. The Morgan fingerprint density at radius 2 is 1.76 bits per heavy atom. The molecule has 1 amide bonds. The zero-order valence-electron chi connectivity index (χ0n) is 13.6. The molecule has 0 aliphatic carbocycles. The summed E-state index contributed by atoms with van der Waals surface area (Å²) in [5, 5.41) is 2.52. The Kier molecular flexibility index (Phi) is 5.78. The van der Waals surface area contributed by atoms with Crippen molar-refractivity contribution in [2.24, 2.45) is 0 Å². The molecule has 1 aromatic heterocycles. The molecular weight excluding hydrogens is 380 g/mol. The summed E-state index contributed by atoms with van der Waals surface area (Å²) in [6.07, 6.45) is 0. The van der Waals surface area contributed by atoms with E-state index in [4.69, 9.17) is 11.6 Å². The van der Waals surface area contributed by atoms with Gasteiger partial charge >= 0.3 is 0 Å². The van der Waals surface area contributed by atoms with Crippen LogP contribution in [-0.4, -0.2) is 56.1 Å². The summed E-state index contributed by atoms with van der Waals surface area (Å²) in [5.74, 6) is -0.842. The van der Waals surface area contributed by atoms with Crippen molar-refractivity contribution in [3.05, 3.63) is 51.7 Å². The molecule has 0 unspecified atom stereocenters. The first-order valence-electron chi connectivity index (χ1n) is 7.95. The lowest BCUT2D eigenvalue weighted by molar-refractivity contribution is -0.130. The molecule has 2 aromatic rings. The summed E-state index contributed by atoms with van der Waals surface area (Å²) in [5.41, 5.74) is 0. The lowest BCUT2D eigenvalue weighted by atomic mass is 10.3. The molecule has 1 aromatic carbocycles. The number of hydrogen-bond donors (Lipinski definition) is 0. The number of halogens is 1. The zero-order chi connectivity index (χ0) is 17.9. The average molecular weight is 399 g/mol. The molecule has 0 atom stereocenters. The molecule has 3 rings (SSSR count). The number of carbonyl (C=O) groups is 1. The number of benzene rings is 1. The number of amides is 1. The van der Waals surface area contributed by atoms with Gasteiger partial charge in [-0.2, -0.15) is 0 Å². The van der Waals surface area contributed by atoms with E-state index < -0.39 is 15.6 Å². The van der Waals surface area contributed by atoms with Crippen molar-refractivity contribution in [3.8, 4) is 0 Å². The van der Waals surface area contributed by atoms with E-state index in [-0.39, 0.29) is 10.8 Å². The van der Waals surface area contributed by atoms with Gasteiger partial charge in [0.05, 0.1) is 4.90 Å². The Morgan fingerprint density at radius 1 is 1.08 bits per heavy atom. The second-order valence-corrected chi connectivity index (χ2v) is 9.41. The molecule has 25 heavy (non-hydrogen) atoms. The van der Waals surface area contributed by atoms with Crippen molar-refractivity contribution in [1.82, 2.24) is 9.80 Å². The van der Waals surface area contributed by atoms with Gasteiger partial charge in [-0.1, -0.05) is 17.7 Å². The lowest BCUT2D eigenvalue weighted by Gasteiger charge is -2.34. The summed E-state index contributed by atoms with van der Waals surface area (Å²) in [6, 6.07) is 10.0. The Balaban J connectivity index is 1.54. The van der Waals surface area contributed by atoms with Gasteiger partial charge in [0, 0.05) is 42.6 Å². The Hall–Kier alpha value is -1.41. The van der Waals surface area contributed by atoms with E-state index in [1.165, 1.54) is 29.1 Å². The third-order valence-corrected chi connectivity index (χ3v) is 6.90. The molecule has 1 aliphatic heterocycles. The van der Waals surface area contributed by atoms with Gasteiger partial charge in [-0.3, -0.25) is 9.69 Å². The van der Waals surface area contributed by atoms with Crippen molar-refractivity contribution in [3.63, 3.8) is 0 Å². The maximum absolute atomic E-state index is 12.4. The van der Waals surface area contributed by atoms with E-state index >= 15 is 0 Å². The van der Waals surface area contributed by atoms with Gasteiger partial charge in [0.15, 0.2) is 9.84 Å². The first kappa shape index (κ1) is 18.4. The SMILES string of the molecule is O=C(CS(=O)(=O)c1ccc(Cl)cc1)N1CCN(Cc2cccs2)CC1. The summed E-state index contributed by atoms with van der Waals surface area (Å²) < 4.78 is 24.7. The van der Waals surface area contributed by atoms with Gasteiger partial charge in [0.1, 0.15) is 5.75 Å². The second-order valence-electron chi connectivity index (χ2n) is 5.95. The number of rotatable bonds is 5. The Labute approximate surface area is 156 Å². The van der Waals surface area contributed by atoms with Gasteiger partial charge in [0.2, 0.25) is 5.91 Å². The van der Waals surface area contributed by atoms with E-state index in [9.17, 15) is 13.2 Å². The van der Waals surface area contributed by atoms with Crippen LogP contribution < -0.4 is 0 Å². The Morgan fingerprint density at radius 3 is 2.36 bits per heavy atom. The molecule has 134 valence electrons. The summed E-state index contributed by atoms with van der Waals surface area (Å²) >= 11 is 7.50. The highest BCUT2D eigenvalue weighted by molar-refractivity contribution is 7.92. The van der Waals surface area contributed by atoms with Crippen LogP contribution in [0.1, 0.15) is 4.88 Å². The summed E-state index contributed by atoms with van der Waals surface area (Å²) in [4.78, 5) is 17.7. The van der Waals surface area contributed by atoms with Crippen molar-refractivity contribution in [2.75, 3.05) is 31.9 Å². The predicted molar refractivity (Wildman–Crippen MR) is 99.7 cm³/mol. The molecule has 0 spiro atoms.